The normalized spacial score (nSPS) is 15.2. The number of rotatable bonds is 9. The summed E-state index contributed by atoms with van der Waals surface area (Å²) in [5.74, 6) is 1.13. The van der Waals surface area contributed by atoms with E-state index in [0.717, 1.165) is 29.5 Å². The number of azo groups is 1. The van der Waals surface area contributed by atoms with E-state index in [0.29, 0.717) is 17.8 Å². The van der Waals surface area contributed by atoms with E-state index in [1.165, 1.54) is 44.1 Å². The number of hydrogen-bond donors (Lipinski definition) is 1. The number of halogens is 1. The van der Waals surface area contributed by atoms with Crippen LogP contribution in [0.25, 0.3) is 0 Å². The third-order valence-corrected chi connectivity index (χ3v) is 5.81. The first kappa shape index (κ1) is 25.3. The van der Waals surface area contributed by atoms with Crippen molar-refractivity contribution in [2.24, 2.45) is 16.1 Å². The Morgan fingerprint density at radius 3 is 2.32 bits per heavy atom. The maximum absolute atomic E-state index is 10.3. The van der Waals surface area contributed by atoms with Crippen LogP contribution in [0.3, 0.4) is 0 Å². The molecule has 0 bridgehead atoms. The summed E-state index contributed by atoms with van der Waals surface area (Å²) in [6.07, 6.45) is 8.04. The van der Waals surface area contributed by atoms with Gasteiger partial charge in [-0.3, -0.25) is 0 Å². The molecule has 2 aromatic carbocycles. The first-order valence-corrected chi connectivity index (χ1v) is 11.1. The molecular weight excluding hydrogens is 410 g/mol. The van der Waals surface area contributed by atoms with Crippen LogP contribution < -0.4 is 12.4 Å². The molecule has 0 atom stereocenters. The Morgan fingerprint density at radius 2 is 1.61 bits per heavy atom. The molecule has 3 rings (SSSR count). The second kappa shape index (κ2) is 12.2. The molecule has 1 saturated carbocycles. The van der Waals surface area contributed by atoms with Crippen molar-refractivity contribution in [3.8, 4) is 5.75 Å². The molecule has 170 valence electrons. The van der Waals surface area contributed by atoms with E-state index in [1.54, 1.807) is 12.1 Å². The highest BCUT2D eigenvalue weighted by molar-refractivity contribution is 5.47. The van der Waals surface area contributed by atoms with Gasteiger partial charge in [-0.1, -0.05) is 49.8 Å². The Hall–Kier alpha value is -1.95. The van der Waals surface area contributed by atoms with Crippen molar-refractivity contribution in [1.29, 1.82) is 0 Å². The summed E-state index contributed by atoms with van der Waals surface area (Å²) < 4.78 is 6.66. The standard InChI is InChI=1S/C25H35N3O2.ClH/c1-20-9-11-23(12-10-20)26-27-24-13-14-25(29)22(17-24)18-28(2,3)19-30-16-15-21-7-5-4-6-8-21;/h9-14,17,21H,4-8,15-16,18-19H2,1-3H3;1H. The fraction of sp³-hybridized carbons (Fsp3) is 0.520. The number of quaternary nitrogens is 1. The molecule has 5 nitrogen and oxygen atoms in total. The molecule has 0 aliphatic heterocycles. The van der Waals surface area contributed by atoms with E-state index in [2.05, 4.69) is 24.3 Å². The highest BCUT2D eigenvalue weighted by Gasteiger charge is 2.20. The van der Waals surface area contributed by atoms with E-state index >= 15 is 0 Å². The van der Waals surface area contributed by atoms with Gasteiger partial charge in [-0.2, -0.15) is 10.2 Å². The summed E-state index contributed by atoms with van der Waals surface area (Å²) in [7, 11) is 4.25. The van der Waals surface area contributed by atoms with Crippen molar-refractivity contribution in [1.82, 2.24) is 0 Å². The fourth-order valence-electron chi connectivity index (χ4n) is 4.03. The van der Waals surface area contributed by atoms with Gasteiger partial charge in [0.2, 0.25) is 0 Å². The molecule has 6 heteroatoms. The first-order chi connectivity index (χ1) is 14.4. The Bertz CT molecular complexity index is 831. The molecule has 1 aliphatic carbocycles. The molecule has 1 aliphatic rings. The lowest BCUT2D eigenvalue weighted by Crippen LogP contribution is -3.00. The Labute approximate surface area is 193 Å². The SMILES string of the molecule is Cc1ccc(N=Nc2ccc(O)c(C[N+](C)(C)COCCC3CCCCC3)c2)cc1.[Cl-]. The maximum Gasteiger partial charge on any atom is 0.182 e. The average Bonchev–Trinajstić information content (AvgIpc) is 2.73. The largest absolute Gasteiger partial charge is 1.00 e. The Balaban J connectivity index is 0.00000341. The van der Waals surface area contributed by atoms with Crippen molar-refractivity contribution in [2.45, 2.75) is 52.0 Å². The molecule has 1 fully saturated rings. The second-order valence-corrected chi connectivity index (χ2v) is 9.27. The highest BCUT2D eigenvalue weighted by Crippen LogP contribution is 2.28. The average molecular weight is 446 g/mol. The molecule has 0 amide bonds. The smallest absolute Gasteiger partial charge is 0.182 e. The molecule has 0 saturated heterocycles. The number of nitrogens with zero attached hydrogens (tertiary/aromatic N) is 3. The summed E-state index contributed by atoms with van der Waals surface area (Å²) in [5, 5.41) is 19.0. The first-order valence-electron chi connectivity index (χ1n) is 11.1. The molecule has 0 spiro atoms. The minimum atomic E-state index is 0. The molecule has 0 aromatic heterocycles. The summed E-state index contributed by atoms with van der Waals surface area (Å²) >= 11 is 0. The van der Waals surface area contributed by atoms with E-state index in [1.807, 2.05) is 37.3 Å². The van der Waals surface area contributed by atoms with Crippen LogP contribution >= 0.6 is 0 Å². The van der Waals surface area contributed by atoms with E-state index in [-0.39, 0.29) is 18.2 Å². The zero-order valence-corrected chi connectivity index (χ0v) is 19.8. The van der Waals surface area contributed by atoms with E-state index in [4.69, 9.17) is 4.74 Å². The lowest BCUT2D eigenvalue weighted by Gasteiger charge is -2.30. The summed E-state index contributed by atoms with van der Waals surface area (Å²) in [4.78, 5) is 0. The molecule has 1 N–H and O–H groups in total. The lowest BCUT2D eigenvalue weighted by atomic mass is 9.87. The second-order valence-electron chi connectivity index (χ2n) is 9.27. The summed E-state index contributed by atoms with van der Waals surface area (Å²) in [5.41, 5.74) is 3.61. The van der Waals surface area contributed by atoms with Crippen LogP contribution in [0, 0.1) is 12.8 Å². The highest BCUT2D eigenvalue weighted by atomic mass is 35.5. The summed E-state index contributed by atoms with van der Waals surface area (Å²) in [6.45, 7) is 4.17. The number of aromatic hydroxyl groups is 1. The molecule has 0 radical (unpaired) electrons. The lowest BCUT2D eigenvalue weighted by molar-refractivity contribution is -0.922. The molecule has 0 unspecified atom stereocenters. The van der Waals surface area contributed by atoms with Gasteiger partial charge in [0.05, 0.1) is 37.6 Å². The number of benzene rings is 2. The quantitative estimate of drug-likeness (QED) is 0.277. The van der Waals surface area contributed by atoms with Crippen molar-refractivity contribution < 1.29 is 26.7 Å². The van der Waals surface area contributed by atoms with Crippen LogP contribution in [-0.2, 0) is 11.3 Å². The van der Waals surface area contributed by atoms with Gasteiger partial charge in [-0.15, -0.1) is 0 Å². The van der Waals surface area contributed by atoms with Gasteiger partial charge in [0.1, 0.15) is 12.3 Å². The van der Waals surface area contributed by atoms with Crippen molar-refractivity contribution in [3.63, 3.8) is 0 Å². The van der Waals surface area contributed by atoms with Crippen LogP contribution in [0.5, 0.6) is 5.75 Å². The zero-order chi connectivity index (χ0) is 21.4. The molecule has 0 heterocycles. The van der Waals surface area contributed by atoms with Crippen molar-refractivity contribution in [2.75, 3.05) is 27.4 Å². The van der Waals surface area contributed by atoms with Crippen LogP contribution in [0.1, 0.15) is 49.7 Å². The van der Waals surface area contributed by atoms with Crippen LogP contribution in [0.2, 0.25) is 0 Å². The molecule has 31 heavy (non-hydrogen) atoms. The summed E-state index contributed by atoms with van der Waals surface area (Å²) in [6, 6.07) is 13.3. The van der Waals surface area contributed by atoms with Gasteiger partial charge in [0.25, 0.3) is 0 Å². The predicted molar refractivity (Wildman–Crippen MR) is 121 cm³/mol. The maximum atomic E-state index is 10.3. The number of aryl methyl sites for hydroxylation is 1. The topological polar surface area (TPSA) is 54.2 Å². The Morgan fingerprint density at radius 1 is 0.968 bits per heavy atom. The van der Waals surface area contributed by atoms with Crippen molar-refractivity contribution in [3.05, 3.63) is 53.6 Å². The minimum Gasteiger partial charge on any atom is -1.00 e. The van der Waals surface area contributed by atoms with Crippen LogP contribution in [0.15, 0.2) is 52.7 Å². The van der Waals surface area contributed by atoms with Gasteiger partial charge >= 0.3 is 0 Å². The predicted octanol–water partition coefficient (Wildman–Crippen LogP) is 3.64. The third kappa shape index (κ3) is 8.60. The minimum absolute atomic E-state index is 0. The Kier molecular flexibility index (Phi) is 9.94. The number of hydrogen-bond acceptors (Lipinski definition) is 4. The van der Waals surface area contributed by atoms with Gasteiger partial charge in [-0.25, -0.2) is 0 Å². The van der Waals surface area contributed by atoms with Gasteiger partial charge in [-0.05, 0) is 49.6 Å². The van der Waals surface area contributed by atoms with Gasteiger partial charge in [0.15, 0.2) is 6.73 Å². The van der Waals surface area contributed by atoms with Crippen molar-refractivity contribution >= 4 is 11.4 Å². The molecular formula is C25H36ClN3O2. The van der Waals surface area contributed by atoms with Crippen LogP contribution in [0.4, 0.5) is 11.4 Å². The third-order valence-electron chi connectivity index (χ3n) is 5.81. The van der Waals surface area contributed by atoms with Gasteiger partial charge in [0, 0.05) is 0 Å². The van der Waals surface area contributed by atoms with E-state index in [9.17, 15) is 5.11 Å². The molecule has 2 aromatic rings. The number of ether oxygens (including phenoxy) is 1. The number of phenolic OH excluding ortho intramolecular Hbond substituents is 1. The number of phenols is 1. The zero-order valence-electron chi connectivity index (χ0n) is 19.1. The van der Waals surface area contributed by atoms with Gasteiger partial charge < -0.3 is 26.7 Å². The fourth-order valence-corrected chi connectivity index (χ4v) is 4.03. The van der Waals surface area contributed by atoms with Crippen LogP contribution in [-0.4, -0.2) is 37.0 Å². The van der Waals surface area contributed by atoms with E-state index < -0.39 is 0 Å². The monoisotopic (exact) mass is 445 g/mol.